The summed E-state index contributed by atoms with van der Waals surface area (Å²) in [4.78, 5) is 0. The topological polar surface area (TPSA) is 33.0 Å². The molecule has 0 saturated heterocycles. The molecule has 0 saturated carbocycles. The third kappa shape index (κ3) is 3.47. The van der Waals surface area contributed by atoms with Crippen LogP contribution in [0.4, 0.5) is 0 Å². The summed E-state index contributed by atoms with van der Waals surface area (Å²) in [6.07, 6.45) is 0.986. The van der Waals surface area contributed by atoms with Gasteiger partial charge in [0.1, 0.15) is 11.8 Å². The molecule has 2 nitrogen and oxygen atoms in total. The molecular weight excluding hydrogens is 278 g/mol. The molecule has 0 spiro atoms. The van der Waals surface area contributed by atoms with E-state index in [9.17, 15) is 0 Å². The van der Waals surface area contributed by atoms with Crippen molar-refractivity contribution in [2.24, 2.45) is 0 Å². The lowest BCUT2D eigenvalue weighted by Gasteiger charge is -2.24. The molecule has 0 unspecified atom stereocenters. The molecule has 0 N–H and O–H groups in total. The third-order valence-corrected chi connectivity index (χ3v) is 3.19. The number of benzene rings is 1. The van der Waals surface area contributed by atoms with Crippen molar-refractivity contribution in [3.05, 3.63) is 27.7 Å². The number of nitrogens with zero attached hydrogens (tertiary/aromatic N) is 1. The molecular formula is C14H18BrNO. The Labute approximate surface area is 112 Å². The maximum absolute atomic E-state index is 8.62. The van der Waals surface area contributed by atoms with Gasteiger partial charge < -0.3 is 4.74 Å². The summed E-state index contributed by atoms with van der Waals surface area (Å²) in [6.45, 7) is 8.64. The molecule has 0 radical (unpaired) electrons. The van der Waals surface area contributed by atoms with E-state index in [-0.39, 0.29) is 12.0 Å². The van der Waals surface area contributed by atoms with Gasteiger partial charge in [-0.1, -0.05) is 33.8 Å². The Balaban J connectivity index is 3.31. The molecule has 0 aliphatic heterocycles. The van der Waals surface area contributed by atoms with E-state index in [2.05, 4.69) is 55.8 Å². The summed E-state index contributed by atoms with van der Waals surface area (Å²) >= 11 is 3.53. The second-order valence-corrected chi connectivity index (χ2v) is 5.86. The minimum atomic E-state index is -0.00150. The van der Waals surface area contributed by atoms with E-state index in [1.165, 1.54) is 5.56 Å². The second-order valence-electron chi connectivity index (χ2n) is 5.00. The highest BCUT2D eigenvalue weighted by Crippen LogP contribution is 2.38. The molecule has 0 heterocycles. The van der Waals surface area contributed by atoms with Gasteiger partial charge in [0.15, 0.2) is 6.61 Å². The van der Waals surface area contributed by atoms with Crippen LogP contribution in [0.1, 0.15) is 38.8 Å². The number of halogens is 1. The van der Waals surface area contributed by atoms with Crippen molar-refractivity contribution in [2.75, 3.05) is 6.61 Å². The zero-order valence-electron chi connectivity index (χ0n) is 10.8. The van der Waals surface area contributed by atoms with E-state index in [0.717, 1.165) is 22.2 Å². The molecule has 92 valence electrons. The Hall–Kier alpha value is -1.01. The SMILES string of the molecule is CCc1cc(Br)c(OCC#N)c(C(C)(C)C)c1. The van der Waals surface area contributed by atoms with Gasteiger partial charge in [-0.15, -0.1) is 0 Å². The van der Waals surface area contributed by atoms with E-state index in [0.29, 0.717) is 0 Å². The van der Waals surface area contributed by atoms with Gasteiger partial charge in [-0.25, -0.2) is 0 Å². The van der Waals surface area contributed by atoms with Gasteiger partial charge in [-0.3, -0.25) is 0 Å². The minimum absolute atomic E-state index is 0.00150. The Morgan fingerprint density at radius 3 is 2.47 bits per heavy atom. The van der Waals surface area contributed by atoms with Crippen LogP contribution >= 0.6 is 15.9 Å². The molecule has 0 aliphatic carbocycles. The molecule has 17 heavy (non-hydrogen) atoms. The monoisotopic (exact) mass is 295 g/mol. The number of hydrogen-bond donors (Lipinski definition) is 0. The Bertz CT molecular complexity index is 441. The first kappa shape index (κ1) is 14.1. The first-order valence-electron chi connectivity index (χ1n) is 5.72. The van der Waals surface area contributed by atoms with Crippen LogP contribution in [-0.4, -0.2) is 6.61 Å². The van der Waals surface area contributed by atoms with Crippen LogP contribution in [0, 0.1) is 11.3 Å². The number of ether oxygens (including phenoxy) is 1. The van der Waals surface area contributed by atoms with Crippen molar-refractivity contribution in [1.29, 1.82) is 5.26 Å². The Kier molecular flexibility index (Phi) is 4.59. The summed E-state index contributed by atoms with van der Waals surface area (Å²) < 4.78 is 6.46. The van der Waals surface area contributed by atoms with Gasteiger partial charge in [0.2, 0.25) is 0 Å². The van der Waals surface area contributed by atoms with Gasteiger partial charge >= 0.3 is 0 Å². The Morgan fingerprint density at radius 2 is 2.00 bits per heavy atom. The fourth-order valence-corrected chi connectivity index (χ4v) is 2.28. The summed E-state index contributed by atoms with van der Waals surface area (Å²) in [5, 5.41) is 8.62. The van der Waals surface area contributed by atoms with Crippen molar-refractivity contribution >= 4 is 15.9 Å². The molecule has 1 aromatic rings. The van der Waals surface area contributed by atoms with E-state index in [1.54, 1.807) is 0 Å². The fourth-order valence-electron chi connectivity index (χ4n) is 1.66. The van der Waals surface area contributed by atoms with Crippen molar-refractivity contribution in [2.45, 2.75) is 39.5 Å². The normalized spacial score (nSPS) is 11.1. The van der Waals surface area contributed by atoms with Crippen LogP contribution in [0.15, 0.2) is 16.6 Å². The number of nitriles is 1. The molecule has 0 aliphatic rings. The maximum Gasteiger partial charge on any atom is 0.174 e. The third-order valence-electron chi connectivity index (χ3n) is 2.60. The first-order valence-corrected chi connectivity index (χ1v) is 6.52. The predicted octanol–water partition coefficient (Wildman–Crippen LogP) is 4.21. The predicted molar refractivity (Wildman–Crippen MR) is 73.3 cm³/mol. The number of aryl methyl sites for hydroxylation is 1. The fraction of sp³-hybridized carbons (Fsp3) is 0.500. The second kappa shape index (κ2) is 5.55. The molecule has 0 amide bonds. The zero-order chi connectivity index (χ0) is 13.1. The van der Waals surface area contributed by atoms with Gasteiger partial charge in [-0.05, 0) is 39.4 Å². The van der Waals surface area contributed by atoms with Crippen molar-refractivity contribution in [3.8, 4) is 11.8 Å². The van der Waals surface area contributed by atoms with Crippen LogP contribution in [0.3, 0.4) is 0 Å². The molecule has 0 atom stereocenters. The molecule has 1 rings (SSSR count). The van der Waals surface area contributed by atoms with E-state index in [4.69, 9.17) is 10.00 Å². The van der Waals surface area contributed by atoms with Crippen LogP contribution < -0.4 is 4.74 Å². The molecule has 0 fully saturated rings. The number of hydrogen-bond acceptors (Lipinski definition) is 2. The molecule has 3 heteroatoms. The maximum atomic E-state index is 8.62. The van der Waals surface area contributed by atoms with E-state index >= 15 is 0 Å². The first-order chi connectivity index (χ1) is 7.90. The van der Waals surface area contributed by atoms with E-state index < -0.39 is 0 Å². The average molecular weight is 296 g/mol. The quantitative estimate of drug-likeness (QED) is 0.837. The smallest absolute Gasteiger partial charge is 0.174 e. The summed E-state index contributed by atoms with van der Waals surface area (Å²) in [7, 11) is 0. The van der Waals surface area contributed by atoms with Gasteiger partial charge in [0, 0.05) is 5.56 Å². The Morgan fingerprint density at radius 1 is 1.35 bits per heavy atom. The van der Waals surface area contributed by atoms with Crippen molar-refractivity contribution in [3.63, 3.8) is 0 Å². The zero-order valence-corrected chi connectivity index (χ0v) is 12.4. The minimum Gasteiger partial charge on any atom is -0.477 e. The summed E-state index contributed by atoms with van der Waals surface area (Å²) in [5.41, 5.74) is 2.41. The lowest BCUT2D eigenvalue weighted by molar-refractivity contribution is 0.353. The molecule has 0 bridgehead atoms. The van der Waals surface area contributed by atoms with Gasteiger partial charge in [0.05, 0.1) is 4.47 Å². The highest BCUT2D eigenvalue weighted by Gasteiger charge is 2.21. The standard InChI is InChI=1S/C14H18BrNO/c1-5-10-8-11(14(2,3)4)13(12(15)9-10)17-7-6-16/h8-9H,5,7H2,1-4H3. The highest BCUT2D eigenvalue weighted by atomic mass is 79.9. The highest BCUT2D eigenvalue weighted by molar-refractivity contribution is 9.10. The summed E-state index contributed by atoms with van der Waals surface area (Å²) in [5.74, 6) is 0.788. The lowest BCUT2D eigenvalue weighted by Crippen LogP contribution is -2.14. The van der Waals surface area contributed by atoms with E-state index in [1.807, 2.05) is 6.07 Å². The van der Waals surface area contributed by atoms with Gasteiger partial charge in [0.25, 0.3) is 0 Å². The summed E-state index contributed by atoms with van der Waals surface area (Å²) in [6, 6.07) is 6.23. The molecule has 0 aromatic heterocycles. The van der Waals surface area contributed by atoms with Crippen LogP contribution in [0.25, 0.3) is 0 Å². The van der Waals surface area contributed by atoms with Crippen molar-refractivity contribution < 1.29 is 4.74 Å². The largest absolute Gasteiger partial charge is 0.477 e. The molecule has 1 aromatic carbocycles. The van der Waals surface area contributed by atoms with Crippen LogP contribution in [-0.2, 0) is 11.8 Å². The average Bonchev–Trinajstić information content (AvgIpc) is 2.25. The van der Waals surface area contributed by atoms with Gasteiger partial charge in [-0.2, -0.15) is 5.26 Å². The van der Waals surface area contributed by atoms with Crippen molar-refractivity contribution in [1.82, 2.24) is 0 Å². The number of rotatable bonds is 3. The van der Waals surface area contributed by atoms with Crippen LogP contribution in [0.2, 0.25) is 0 Å². The lowest BCUT2D eigenvalue weighted by atomic mass is 9.85. The van der Waals surface area contributed by atoms with Crippen LogP contribution in [0.5, 0.6) is 5.75 Å².